The maximum Gasteiger partial charge on any atom is 0.339 e. The molecule has 2 aromatic rings. The highest BCUT2D eigenvalue weighted by atomic mass is 16.7. The molecule has 2 spiro atoms. The zero-order valence-electron chi connectivity index (χ0n) is 38.3. The van der Waals surface area contributed by atoms with Gasteiger partial charge in [-0.15, -0.1) is 0 Å². The number of ether oxygens (including phenoxy) is 5. The first kappa shape index (κ1) is 46.3. The first-order chi connectivity index (χ1) is 31.2. The Hall–Kier alpha value is -3.45. The van der Waals surface area contributed by atoms with Gasteiger partial charge >= 0.3 is 11.9 Å². The van der Waals surface area contributed by atoms with Crippen molar-refractivity contribution in [2.24, 2.45) is 45.3 Å². The van der Waals surface area contributed by atoms with Crippen LogP contribution in [-0.4, -0.2) is 127 Å². The molecule has 362 valence electrons. The summed E-state index contributed by atoms with van der Waals surface area (Å²) in [6, 6.07) is 7.77. The smallest absolute Gasteiger partial charge is 0.339 e. The van der Waals surface area contributed by atoms with Crippen molar-refractivity contribution in [3.8, 4) is 5.75 Å². The third-order valence-electron chi connectivity index (χ3n) is 19.3. The number of hydrogen-bond acceptors (Lipinski definition) is 16. The van der Waals surface area contributed by atoms with Crippen molar-refractivity contribution in [1.29, 1.82) is 0 Å². The summed E-state index contributed by atoms with van der Waals surface area (Å²) in [5.41, 5.74) is 0.216. The van der Waals surface area contributed by atoms with E-state index in [0.29, 0.717) is 30.4 Å². The number of carbonyl (C=O) groups excluding carboxylic acids is 3. The summed E-state index contributed by atoms with van der Waals surface area (Å²) in [5.74, 6) is 1.71. The number of ketones is 1. The minimum atomic E-state index is -1.57. The molecule has 0 radical (unpaired) electrons. The molecule has 10 aliphatic rings. The molecule has 5 saturated heterocycles. The van der Waals surface area contributed by atoms with E-state index in [2.05, 4.69) is 24.7 Å². The minimum Gasteiger partial charge on any atom is -0.508 e. The van der Waals surface area contributed by atoms with Crippen LogP contribution in [0.3, 0.4) is 0 Å². The lowest BCUT2D eigenvalue weighted by atomic mass is 9.37. The van der Waals surface area contributed by atoms with Gasteiger partial charge in [0.1, 0.15) is 54.3 Å². The summed E-state index contributed by atoms with van der Waals surface area (Å²) < 4.78 is 34.4. The number of epoxide rings is 1. The van der Waals surface area contributed by atoms with Gasteiger partial charge in [-0.25, -0.2) is 4.79 Å². The van der Waals surface area contributed by atoms with Crippen molar-refractivity contribution < 1.29 is 78.2 Å². The van der Waals surface area contributed by atoms with Crippen molar-refractivity contribution in [3.63, 3.8) is 0 Å². The summed E-state index contributed by atoms with van der Waals surface area (Å²) in [7, 11) is 0. The lowest BCUT2D eigenvalue weighted by Gasteiger charge is -2.65. The van der Waals surface area contributed by atoms with Crippen LogP contribution in [0.15, 0.2) is 41.2 Å². The quantitative estimate of drug-likeness (QED) is 0.168. The summed E-state index contributed by atoms with van der Waals surface area (Å²) in [6.07, 6.45) is 3.20. The van der Waals surface area contributed by atoms with Crippen LogP contribution in [0.25, 0.3) is 0 Å². The third kappa shape index (κ3) is 6.30. The number of esters is 2. The fraction of sp³-hybridized carbons (Fsp3) is 0.740. The largest absolute Gasteiger partial charge is 0.508 e. The van der Waals surface area contributed by atoms with Crippen LogP contribution in [0.4, 0.5) is 0 Å². The molecule has 16 heteroatoms. The van der Waals surface area contributed by atoms with Crippen molar-refractivity contribution in [2.45, 2.75) is 171 Å². The van der Waals surface area contributed by atoms with Gasteiger partial charge in [0.2, 0.25) is 0 Å². The van der Waals surface area contributed by atoms with E-state index in [1.54, 1.807) is 12.5 Å². The van der Waals surface area contributed by atoms with Crippen molar-refractivity contribution in [3.05, 3.63) is 53.5 Å². The number of phenols is 1. The molecule has 19 atom stereocenters. The number of aliphatic hydroxyl groups is 6. The average molecular weight is 923 g/mol. The number of carbonyl (C=O) groups is 3. The fourth-order valence-corrected chi connectivity index (χ4v) is 16.0. The Bertz CT molecular complexity index is 2220. The lowest BCUT2D eigenvalue weighted by molar-refractivity contribution is -0.286. The van der Waals surface area contributed by atoms with Gasteiger partial charge in [-0.3, -0.25) is 9.59 Å². The standard InChI is InChI=1S/C26H30O8.C18H24O2.C6H12O6/c1-22(2)15-9-16(27)24(4)14(25(15)12-31-18(28)10-17(25)33-22)5-7-23(3)19(13-6-8-30-11-13)32-21(29)20-26(23,24)34-20;1-18-9-8-14-13-5-3-12(19)10-11(13)2-4-15(14)16(18)6-7-17(18)20;7-1-2-3(8)4(9)5(10)6(11)12-2/h6,8,11,14-15,17,19-20H,5,7,9-10,12H2,1-4H3;3,5,10,14-17,19-20H,2,4,6-9H2,1H3;2-11H,1H2/t14-,15-,17-,19-,20+,23-,24-,25+,26+;14-,15-,16+,17+,18+;2-,3-,4+,5-,6?/m011/s1. The van der Waals surface area contributed by atoms with E-state index in [-0.39, 0.29) is 54.2 Å². The molecule has 12 rings (SSSR count). The Morgan fingerprint density at radius 1 is 0.803 bits per heavy atom. The van der Waals surface area contributed by atoms with Crippen molar-refractivity contribution >= 4 is 17.7 Å². The van der Waals surface area contributed by atoms with Gasteiger partial charge in [-0.1, -0.05) is 19.9 Å². The number of aryl methyl sites for hydroxylation is 1. The predicted octanol–water partition coefficient (Wildman–Crippen LogP) is 3.53. The predicted molar refractivity (Wildman–Crippen MR) is 229 cm³/mol. The SMILES string of the molecule is CC1(C)O[C@H]2CC(=O)OC[C@]23[C@H]2CC[C@@]4(C)[C@H](c5ccoc5)OC(=O)[C@H]5O[C@]54[C@]2(C)C(=O)C[C@@H]13.C[C@]12CC[C@@H]3c4ccc(O)cc4CC[C@H]3[C@@H]1CC[C@@H]2O.OC[C@H]1OC(O)[C@H](O)[C@@H](O)[C@@H]1O. The number of aromatic hydroxyl groups is 1. The van der Waals surface area contributed by atoms with Crippen LogP contribution in [0.1, 0.15) is 121 Å². The number of rotatable bonds is 2. The van der Waals surface area contributed by atoms with Crippen molar-refractivity contribution in [2.75, 3.05) is 13.2 Å². The molecular weight excluding hydrogens is 857 g/mol. The zero-order valence-corrected chi connectivity index (χ0v) is 38.3. The third-order valence-corrected chi connectivity index (χ3v) is 19.3. The molecule has 5 aliphatic heterocycles. The summed E-state index contributed by atoms with van der Waals surface area (Å²) in [6.45, 7) is 10.2. The molecule has 0 amide bonds. The number of fused-ring (bicyclic) bond motifs is 6. The zero-order chi connectivity index (χ0) is 47.1. The van der Waals surface area contributed by atoms with Crippen LogP contribution >= 0.6 is 0 Å². The van der Waals surface area contributed by atoms with Gasteiger partial charge in [-0.05, 0) is 131 Å². The second-order valence-corrected chi connectivity index (χ2v) is 22.3. The van der Waals surface area contributed by atoms with Crippen molar-refractivity contribution in [1.82, 2.24) is 0 Å². The molecule has 7 N–H and O–H groups in total. The first-order valence-corrected chi connectivity index (χ1v) is 23.9. The van der Waals surface area contributed by atoms with Gasteiger partial charge in [0.25, 0.3) is 0 Å². The maximum absolute atomic E-state index is 14.2. The topological polar surface area (TPSA) is 255 Å². The Labute approximate surface area is 383 Å². The Kier molecular flexibility index (Phi) is 11.1. The van der Waals surface area contributed by atoms with Gasteiger partial charge in [-0.2, -0.15) is 0 Å². The molecule has 66 heavy (non-hydrogen) atoms. The molecule has 9 fully saturated rings. The van der Waals surface area contributed by atoms with Gasteiger partial charge in [0.15, 0.2) is 12.4 Å². The molecule has 1 aromatic heterocycles. The van der Waals surface area contributed by atoms with E-state index in [4.69, 9.17) is 48.9 Å². The van der Waals surface area contributed by atoms with E-state index < -0.39 is 82.9 Å². The number of hydrogen-bond donors (Lipinski definition) is 7. The first-order valence-electron chi connectivity index (χ1n) is 23.9. The monoisotopic (exact) mass is 922 g/mol. The highest BCUT2D eigenvalue weighted by Gasteiger charge is 2.89. The molecule has 0 bridgehead atoms. The van der Waals surface area contributed by atoms with Crippen LogP contribution < -0.4 is 0 Å². The minimum absolute atomic E-state index is 0.0677. The van der Waals surface area contributed by atoms with Crippen LogP contribution in [0.2, 0.25) is 0 Å². The number of phenolic OH excluding ortho intramolecular Hbond substituents is 1. The fourth-order valence-electron chi connectivity index (χ4n) is 16.0. The van der Waals surface area contributed by atoms with E-state index >= 15 is 0 Å². The molecule has 6 heterocycles. The lowest BCUT2D eigenvalue weighted by Crippen LogP contribution is -2.72. The molecule has 5 aliphatic carbocycles. The molecule has 1 aromatic carbocycles. The van der Waals surface area contributed by atoms with Crippen LogP contribution in [0.5, 0.6) is 5.75 Å². The number of Topliss-reactive ketones (excluding diaryl/α,β-unsaturated/α-hetero) is 1. The van der Waals surface area contributed by atoms with Gasteiger partial charge < -0.3 is 63.8 Å². The number of aliphatic hydroxyl groups excluding tert-OH is 6. The van der Waals surface area contributed by atoms with E-state index in [1.807, 2.05) is 39.0 Å². The number of benzene rings is 1. The Morgan fingerprint density at radius 3 is 2.30 bits per heavy atom. The molecule has 16 nitrogen and oxygen atoms in total. The highest BCUT2D eigenvalue weighted by Crippen LogP contribution is 2.80. The maximum atomic E-state index is 14.2. The molecular formula is C50H66O16. The normalized spacial score (nSPS) is 48.9. The van der Waals surface area contributed by atoms with E-state index in [0.717, 1.165) is 37.2 Å². The Morgan fingerprint density at radius 2 is 1.58 bits per heavy atom. The second kappa shape index (κ2) is 15.8. The highest BCUT2D eigenvalue weighted by molar-refractivity contribution is 5.93. The van der Waals surface area contributed by atoms with E-state index in [1.165, 1.54) is 30.4 Å². The van der Waals surface area contributed by atoms with Gasteiger partial charge in [0.05, 0.1) is 48.8 Å². The summed E-state index contributed by atoms with van der Waals surface area (Å²) in [5, 5.41) is 64.7. The summed E-state index contributed by atoms with van der Waals surface area (Å²) in [4.78, 5) is 39.7. The summed E-state index contributed by atoms with van der Waals surface area (Å²) >= 11 is 0. The second-order valence-electron chi connectivity index (χ2n) is 22.3. The Balaban J connectivity index is 0.000000134. The van der Waals surface area contributed by atoms with Crippen LogP contribution in [0, 0.1) is 45.3 Å². The number of cyclic esters (lactones) is 2. The molecule has 1 unspecified atom stereocenters. The van der Waals surface area contributed by atoms with Crippen LogP contribution in [-0.2, 0) is 44.5 Å². The average Bonchev–Trinajstić information content (AvgIpc) is 3.59. The van der Waals surface area contributed by atoms with E-state index in [9.17, 15) is 24.6 Å². The number of furan rings is 1. The molecule has 4 saturated carbocycles. The van der Waals surface area contributed by atoms with Gasteiger partial charge in [0, 0.05) is 28.7 Å².